The molecule has 90 valence electrons. The van der Waals surface area contributed by atoms with Gasteiger partial charge in [-0.25, -0.2) is 4.39 Å². The van der Waals surface area contributed by atoms with Crippen molar-refractivity contribution in [1.82, 2.24) is 0 Å². The highest BCUT2D eigenvalue weighted by Gasteiger charge is 2.06. The third-order valence-corrected chi connectivity index (χ3v) is 2.43. The van der Waals surface area contributed by atoms with Crippen LogP contribution in [0.3, 0.4) is 0 Å². The van der Waals surface area contributed by atoms with Gasteiger partial charge in [0.1, 0.15) is 12.4 Å². The van der Waals surface area contributed by atoms with Gasteiger partial charge in [-0.3, -0.25) is 0 Å². The van der Waals surface area contributed by atoms with Crippen molar-refractivity contribution in [3.63, 3.8) is 0 Å². The van der Waals surface area contributed by atoms with Gasteiger partial charge in [-0.05, 0) is 24.3 Å². The van der Waals surface area contributed by atoms with Crippen molar-refractivity contribution in [1.29, 1.82) is 5.26 Å². The van der Waals surface area contributed by atoms with E-state index in [0.717, 1.165) is 6.07 Å². The molecule has 0 aliphatic rings. The first-order valence-electron chi connectivity index (χ1n) is 5.30. The molecular weight excluding hydrogens is 233 g/mol. The summed E-state index contributed by atoms with van der Waals surface area (Å²) in [5, 5.41) is 18.1. The number of para-hydroxylation sites is 2. The van der Waals surface area contributed by atoms with Crippen LogP contribution >= 0.6 is 0 Å². The van der Waals surface area contributed by atoms with E-state index in [1.807, 2.05) is 6.07 Å². The van der Waals surface area contributed by atoms with Crippen molar-refractivity contribution in [3.8, 4) is 17.6 Å². The molecule has 1 N–H and O–H groups in total. The summed E-state index contributed by atoms with van der Waals surface area (Å²) in [5.74, 6) is -0.197. The molecule has 0 radical (unpaired) electrons. The molecule has 0 saturated heterocycles. The van der Waals surface area contributed by atoms with E-state index in [0.29, 0.717) is 11.3 Å². The zero-order valence-electron chi connectivity index (χ0n) is 9.43. The first kappa shape index (κ1) is 11.9. The van der Waals surface area contributed by atoms with Gasteiger partial charge in [0.05, 0.1) is 11.6 Å². The molecule has 0 heterocycles. The van der Waals surface area contributed by atoms with Crippen LogP contribution in [0.1, 0.15) is 11.1 Å². The molecule has 2 aromatic rings. The van der Waals surface area contributed by atoms with Crippen LogP contribution in [0.15, 0.2) is 42.5 Å². The summed E-state index contributed by atoms with van der Waals surface area (Å²) in [4.78, 5) is 0. The van der Waals surface area contributed by atoms with Gasteiger partial charge in [0.25, 0.3) is 0 Å². The van der Waals surface area contributed by atoms with E-state index in [1.54, 1.807) is 18.2 Å². The van der Waals surface area contributed by atoms with Crippen molar-refractivity contribution in [2.45, 2.75) is 6.61 Å². The van der Waals surface area contributed by atoms with Crippen molar-refractivity contribution < 1.29 is 14.2 Å². The maximum atomic E-state index is 13.5. The summed E-state index contributed by atoms with van der Waals surface area (Å²) in [6.07, 6.45) is 0. The van der Waals surface area contributed by atoms with Crippen molar-refractivity contribution in [3.05, 3.63) is 59.4 Å². The standard InChI is InChI=1S/C14H10FNO2/c15-12-7-10(8-16)5-6-11(12)9-18-14-4-2-1-3-13(14)17/h1-7,17H,9H2. The van der Waals surface area contributed by atoms with Gasteiger partial charge < -0.3 is 9.84 Å². The van der Waals surface area contributed by atoms with Crippen molar-refractivity contribution in [2.75, 3.05) is 0 Å². The molecule has 2 rings (SSSR count). The summed E-state index contributed by atoms with van der Waals surface area (Å²) >= 11 is 0. The Morgan fingerprint density at radius 2 is 2.00 bits per heavy atom. The quantitative estimate of drug-likeness (QED) is 0.901. The van der Waals surface area contributed by atoms with E-state index in [9.17, 15) is 9.50 Å². The number of phenolic OH excluding ortho intramolecular Hbond substituents is 1. The molecule has 0 saturated carbocycles. The Kier molecular flexibility index (Phi) is 3.44. The molecule has 0 aromatic heterocycles. The summed E-state index contributed by atoms with van der Waals surface area (Å²) in [6, 6.07) is 12.5. The first-order chi connectivity index (χ1) is 8.70. The molecule has 0 unspecified atom stereocenters. The maximum absolute atomic E-state index is 13.5. The Bertz CT molecular complexity index is 605. The minimum absolute atomic E-state index is 0.00485. The average Bonchev–Trinajstić information content (AvgIpc) is 2.39. The highest BCUT2D eigenvalue weighted by atomic mass is 19.1. The number of rotatable bonds is 3. The average molecular weight is 243 g/mol. The molecule has 4 heteroatoms. The second-order valence-corrected chi connectivity index (χ2v) is 3.67. The Labute approximate surface area is 104 Å². The number of nitriles is 1. The predicted octanol–water partition coefficient (Wildman–Crippen LogP) is 2.98. The minimum atomic E-state index is -0.496. The van der Waals surface area contributed by atoms with E-state index in [-0.39, 0.29) is 17.9 Å². The predicted molar refractivity (Wildman–Crippen MR) is 63.6 cm³/mol. The molecule has 3 nitrogen and oxygen atoms in total. The third-order valence-electron chi connectivity index (χ3n) is 2.43. The maximum Gasteiger partial charge on any atom is 0.161 e. The van der Waals surface area contributed by atoms with Crippen LogP contribution in [0.4, 0.5) is 4.39 Å². The minimum Gasteiger partial charge on any atom is -0.504 e. The Morgan fingerprint density at radius 3 is 2.67 bits per heavy atom. The monoisotopic (exact) mass is 243 g/mol. The fourth-order valence-electron chi connectivity index (χ4n) is 1.47. The number of ether oxygens (including phenoxy) is 1. The van der Waals surface area contributed by atoms with Crippen LogP contribution < -0.4 is 4.74 Å². The van der Waals surface area contributed by atoms with E-state index < -0.39 is 5.82 Å². The fourth-order valence-corrected chi connectivity index (χ4v) is 1.47. The largest absolute Gasteiger partial charge is 0.504 e. The van der Waals surface area contributed by atoms with E-state index >= 15 is 0 Å². The van der Waals surface area contributed by atoms with E-state index in [2.05, 4.69) is 0 Å². The van der Waals surface area contributed by atoms with Gasteiger partial charge >= 0.3 is 0 Å². The Balaban J connectivity index is 2.12. The van der Waals surface area contributed by atoms with Gasteiger partial charge in [-0.15, -0.1) is 0 Å². The van der Waals surface area contributed by atoms with Crippen LogP contribution in [0.2, 0.25) is 0 Å². The first-order valence-corrected chi connectivity index (χ1v) is 5.30. The van der Waals surface area contributed by atoms with Crippen LogP contribution in [0, 0.1) is 17.1 Å². The van der Waals surface area contributed by atoms with E-state index in [4.69, 9.17) is 10.00 Å². The third kappa shape index (κ3) is 2.58. The van der Waals surface area contributed by atoms with Crippen LogP contribution in [0.5, 0.6) is 11.5 Å². The summed E-state index contributed by atoms with van der Waals surface area (Å²) < 4.78 is 18.9. The Morgan fingerprint density at radius 1 is 1.22 bits per heavy atom. The topological polar surface area (TPSA) is 53.2 Å². The summed E-state index contributed by atoms with van der Waals surface area (Å²) in [6.45, 7) is -0.00485. The number of aromatic hydroxyl groups is 1. The summed E-state index contributed by atoms with van der Waals surface area (Å²) in [5.41, 5.74) is 0.594. The number of hydrogen-bond donors (Lipinski definition) is 1. The molecule has 2 aromatic carbocycles. The molecule has 0 aliphatic heterocycles. The SMILES string of the molecule is N#Cc1ccc(COc2ccccc2O)c(F)c1. The highest BCUT2D eigenvalue weighted by molar-refractivity contribution is 5.38. The lowest BCUT2D eigenvalue weighted by Crippen LogP contribution is -1.99. The molecule has 0 aliphatic carbocycles. The van der Waals surface area contributed by atoms with Crippen molar-refractivity contribution >= 4 is 0 Å². The summed E-state index contributed by atoms with van der Waals surface area (Å²) in [7, 11) is 0. The lowest BCUT2D eigenvalue weighted by Gasteiger charge is -2.08. The lowest BCUT2D eigenvalue weighted by atomic mass is 10.1. The van der Waals surface area contributed by atoms with Gasteiger partial charge in [-0.2, -0.15) is 5.26 Å². The number of nitrogens with zero attached hydrogens (tertiary/aromatic N) is 1. The lowest BCUT2D eigenvalue weighted by molar-refractivity contribution is 0.284. The number of hydrogen-bond acceptors (Lipinski definition) is 3. The molecule has 0 atom stereocenters. The van der Waals surface area contributed by atoms with Gasteiger partial charge in [0.15, 0.2) is 11.5 Å². The van der Waals surface area contributed by atoms with Gasteiger partial charge in [0, 0.05) is 5.56 Å². The van der Waals surface area contributed by atoms with Gasteiger partial charge in [-0.1, -0.05) is 18.2 Å². The molecular formula is C14H10FNO2. The second kappa shape index (κ2) is 5.19. The molecule has 0 spiro atoms. The second-order valence-electron chi connectivity index (χ2n) is 3.67. The molecule has 18 heavy (non-hydrogen) atoms. The number of halogens is 1. The smallest absolute Gasteiger partial charge is 0.161 e. The highest BCUT2D eigenvalue weighted by Crippen LogP contribution is 2.25. The van der Waals surface area contributed by atoms with Crippen molar-refractivity contribution in [2.24, 2.45) is 0 Å². The Hall–Kier alpha value is -2.54. The number of benzene rings is 2. The number of phenols is 1. The zero-order valence-corrected chi connectivity index (χ0v) is 9.43. The zero-order chi connectivity index (χ0) is 13.0. The molecule has 0 amide bonds. The fraction of sp³-hybridized carbons (Fsp3) is 0.0714. The normalized spacial score (nSPS) is 9.78. The van der Waals surface area contributed by atoms with Crippen LogP contribution in [-0.2, 0) is 6.61 Å². The van der Waals surface area contributed by atoms with Gasteiger partial charge in [0.2, 0.25) is 0 Å². The molecule has 0 fully saturated rings. The van der Waals surface area contributed by atoms with E-state index in [1.165, 1.54) is 18.2 Å². The van der Waals surface area contributed by atoms with Crippen LogP contribution in [0.25, 0.3) is 0 Å². The van der Waals surface area contributed by atoms with Crippen LogP contribution in [-0.4, -0.2) is 5.11 Å². The molecule has 0 bridgehead atoms.